The number of methoxy groups -OCH3 is 2. The van der Waals surface area contributed by atoms with Gasteiger partial charge in [0.25, 0.3) is 0 Å². The number of hydrogen-bond donors (Lipinski definition) is 2. The van der Waals surface area contributed by atoms with E-state index in [2.05, 4.69) is 5.32 Å². The van der Waals surface area contributed by atoms with Crippen molar-refractivity contribution in [2.45, 2.75) is 70.8 Å². The number of benzene rings is 1. The van der Waals surface area contributed by atoms with Crippen LogP contribution in [0.5, 0.6) is 11.5 Å². The number of esters is 2. The molecule has 0 bridgehead atoms. The van der Waals surface area contributed by atoms with E-state index >= 15 is 0 Å². The normalized spacial score (nSPS) is 25.0. The van der Waals surface area contributed by atoms with Crippen LogP contribution in [0.1, 0.15) is 70.3 Å². The van der Waals surface area contributed by atoms with Crippen LogP contribution < -0.4 is 10.1 Å². The van der Waals surface area contributed by atoms with E-state index in [4.69, 9.17) is 14.2 Å². The summed E-state index contributed by atoms with van der Waals surface area (Å²) in [6, 6.07) is 4.83. The van der Waals surface area contributed by atoms with Gasteiger partial charge in [-0.15, -0.1) is 0 Å². The van der Waals surface area contributed by atoms with Gasteiger partial charge in [-0.05, 0) is 62.6 Å². The van der Waals surface area contributed by atoms with Crippen molar-refractivity contribution in [2.24, 2.45) is 11.8 Å². The third kappa shape index (κ3) is 4.86. The highest BCUT2D eigenvalue weighted by Crippen LogP contribution is 2.47. The molecule has 1 aliphatic heterocycles. The predicted molar refractivity (Wildman–Crippen MR) is 132 cm³/mol. The van der Waals surface area contributed by atoms with E-state index in [-0.39, 0.29) is 29.3 Å². The topological polar surface area (TPSA) is 111 Å². The van der Waals surface area contributed by atoms with E-state index < -0.39 is 23.8 Å². The van der Waals surface area contributed by atoms with Gasteiger partial charge >= 0.3 is 11.9 Å². The third-order valence-corrected chi connectivity index (χ3v) is 7.58. The van der Waals surface area contributed by atoms with Crippen LogP contribution in [-0.4, -0.2) is 43.2 Å². The second-order valence-electron chi connectivity index (χ2n) is 9.99. The molecule has 0 spiro atoms. The number of ketones is 1. The summed E-state index contributed by atoms with van der Waals surface area (Å²) in [5.74, 6) is -3.33. The molecule has 3 atom stereocenters. The molecular formula is C28H35NO7. The number of phenolic OH excluding ortho intramolecular Hbond substituents is 1. The number of Topliss-reactive ketones (excluding diaryl/α,β-unsaturated/α-hetero) is 1. The Morgan fingerprint density at radius 2 is 1.78 bits per heavy atom. The molecule has 4 rings (SSSR count). The van der Waals surface area contributed by atoms with Crippen molar-refractivity contribution in [3.63, 3.8) is 0 Å². The Labute approximate surface area is 211 Å². The zero-order chi connectivity index (χ0) is 26.0. The third-order valence-electron chi connectivity index (χ3n) is 7.58. The van der Waals surface area contributed by atoms with E-state index in [9.17, 15) is 19.5 Å². The SMILES string of the molecule is COC(=O)[C@@H]1C(=O)C2=C(C[C@@H]1C)NC(C)=C(C(=O)OC1CCCCCC1)[C@H]2c1ccc(OC)c(O)c1. The molecule has 194 valence electrons. The van der Waals surface area contributed by atoms with Crippen LogP contribution in [0.3, 0.4) is 0 Å². The Morgan fingerprint density at radius 3 is 2.39 bits per heavy atom. The summed E-state index contributed by atoms with van der Waals surface area (Å²) in [4.78, 5) is 40.0. The maximum absolute atomic E-state index is 13.8. The average Bonchev–Trinajstić information content (AvgIpc) is 3.11. The Morgan fingerprint density at radius 1 is 1.08 bits per heavy atom. The number of hydrogen-bond acceptors (Lipinski definition) is 8. The maximum atomic E-state index is 13.8. The van der Waals surface area contributed by atoms with Crippen molar-refractivity contribution in [1.82, 2.24) is 5.32 Å². The second-order valence-corrected chi connectivity index (χ2v) is 9.99. The molecule has 1 saturated carbocycles. The van der Waals surface area contributed by atoms with Gasteiger partial charge in [0.15, 0.2) is 17.3 Å². The van der Waals surface area contributed by atoms with Gasteiger partial charge in [-0.2, -0.15) is 0 Å². The molecule has 1 heterocycles. The van der Waals surface area contributed by atoms with Crippen LogP contribution >= 0.6 is 0 Å². The fraction of sp³-hybridized carbons (Fsp3) is 0.536. The van der Waals surface area contributed by atoms with Crippen LogP contribution in [0.15, 0.2) is 40.7 Å². The number of dihydropyridines is 1. The van der Waals surface area contributed by atoms with E-state index in [1.807, 2.05) is 6.92 Å². The summed E-state index contributed by atoms with van der Waals surface area (Å²) in [5, 5.41) is 13.8. The van der Waals surface area contributed by atoms with Crippen molar-refractivity contribution in [3.05, 3.63) is 46.3 Å². The lowest BCUT2D eigenvalue weighted by Gasteiger charge is -2.38. The molecule has 0 saturated heterocycles. The Kier molecular flexibility index (Phi) is 7.71. The van der Waals surface area contributed by atoms with Crippen molar-refractivity contribution < 1.29 is 33.7 Å². The van der Waals surface area contributed by atoms with E-state index in [0.29, 0.717) is 34.5 Å². The van der Waals surface area contributed by atoms with Crippen molar-refractivity contribution in [1.29, 1.82) is 0 Å². The van der Waals surface area contributed by atoms with Crippen molar-refractivity contribution >= 4 is 17.7 Å². The molecule has 8 heteroatoms. The van der Waals surface area contributed by atoms with Crippen LogP contribution in [0.25, 0.3) is 0 Å². The van der Waals surface area contributed by atoms with E-state index in [0.717, 1.165) is 38.5 Å². The van der Waals surface area contributed by atoms with Gasteiger partial charge in [0.05, 0.1) is 19.8 Å². The number of rotatable bonds is 5. The minimum absolute atomic E-state index is 0.106. The highest BCUT2D eigenvalue weighted by Gasteiger charge is 2.47. The number of ether oxygens (including phenoxy) is 3. The second kappa shape index (κ2) is 10.8. The zero-order valence-electron chi connectivity index (χ0n) is 21.4. The molecule has 3 aliphatic rings. The smallest absolute Gasteiger partial charge is 0.337 e. The summed E-state index contributed by atoms with van der Waals surface area (Å²) in [6.45, 7) is 3.64. The van der Waals surface area contributed by atoms with Gasteiger partial charge in [0.1, 0.15) is 12.0 Å². The molecule has 0 unspecified atom stereocenters. The monoisotopic (exact) mass is 497 g/mol. The van der Waals surface area contributed by atoms with Crippen LogP contribution in [0, 0.1) is 11.8 Å². The Hall–Kier alpha value is -3.29. The quantitative estimate of drug-likeness (QED) is 0.352. The van der Waals surface area contributed by atoms with Crippen LogP contribution in [0.4, 0.5) is 0 Å². The largest absolute Gasteiger partial charge is 0.504 e. The molecule has 36 heavy (non-hydrogen) atoms. The maximum Gasteiger partial charge on any atom is 0.337 e. The van der Waals surface area contributed by atoms with E-state index in [1.165, 1.54) is 20.3 Å². The summed E-state index contributed by atoms with van der Waals surface area (Å²) in [7, 11) is 2.72. The molecule has 1 aromatic carbocycles. The standard InChI is InChI=1S/C28H35NO7/c1-15-13-19-25(26(31)22(15)27(32)35-4)24(17-11-12-21(34-3)20(30)14-17)23(16(2)29-19)28(33)36-18-9-7-5-6-8-10-18/h11-12,14-15,18,22,24,29-30H,5-10,13H2,1-4H3/t15-,22-,24+/m0/s1. The highest BCUT2D eigenvalue weighted by atomic mass is 16.5. The number of nitrogens with one attached hydrogen (secondary N) is 1. The summed E-state index contributed by atoms with van der Waals surface area (Å²) in [6.07, 6.45) is 6.17. The Bertz CT molecular complexity index is 1110. The lowest BCUT2D eigenvalue weighted by Crippen LogP contribution is -2.43. The minimum Gasteiger partial charge on any atom is -0.504 e. The average molecular weight is 498 g/mol. The van der Waals surface area contributed by atoms with Gasteiger partial charge in [0.2, 0.25) is 0 Å². The first-order valence-electron chi connectivity index (χ1n) is 12.7. The van der Waals surface area contributed by atoms with Gasteiger partial charge < -0.3 is 24.6 Å². The lowest BCUT2D eigenvalue weighted by molar-refractivity contribution is -0.151. The molecule has 1 fully saturated rings. The van der Waals surface area contributed by atoms with Gasteiger partial charge in [-0.1, -0.05) is 25.8 Å². The summed E-state index contributed by atoms with van der Waals surface area (Å²) in [5.41, 5.74) is 2.47. The van der Waals surface area contributed by atoms with Crippen LogP contribution in [0.2, 0.25) is 0 Å². The fourth-order valence-corrected chi connectivity index (χ4v) is 5.75. The molecule has 0 aromatic heterocycles. The summed E-state index contributed by atoms with van der Waals surface area (Å²) >= 11 is 0. The minimum atomic E-state index is -0.970. The molecule has 1 aromatic rings. The zero-order valence-corrected chi connectivity index (χ0v) is 21.4. The summed E-state index contributed by atoms with van der Waals surface area (Å²) < 4.78 is 16.1. The number of aromatic hydroxyl groups is 1. The van der Waals surface area contributed by atoms with Gasteiger partial charge in [0, 0.05) is 22.9 Å². The first-order valence-corrected chi connectivity index (χ1v) is 12.7. The van der Waals surface area contributed by atoms with Gasteiger partial charge in [-0.25, -0.2) is 4.79 Å². The van der Waals surface area contributed by atoms with Gasteiger partial charge in [-0.3, -0.25) is 9.59 Å². The molecule has 2 N–H and O–H groups in total. The molecule has 0 radical (unpaired) electrons. The first-order chi connectivity index (χ1) is 17.3. The molecular weight excluding hydrogens is 462 g/mol. The number of carbonyl (C=O) groups is 3. The highest BCUT2D eigenvalue weighted by molar-refractivity contribution is 6.12. The van der Waals surface area contributed by atoms with E-state index in [1.54, 1.807) is 19.1 Å². The predicted octanol–water partition coefficient (Wildman–Crippen LogP) is 4.28. The molecule has 0 amide bonds. The molecule has 8 nitrogen and oxygen atoms in total. The number of carbonyl (C=O) groups excluding carboxylic acids is 3. The number of allylic oxidation sites excluding steroid dienone is 3. The Balaban J connectivity index is 1.79. The first kappa shape index (κ1) is 25.8. The lowest BCUT2D eigenvalue weighted by atomic mass is 9.69. The number of phenols is 1. The van der Waals surface area contributed by atoms with Crippen molar-refractivity contribution in [2.75, 3.05) is 14.2 Å². The molecule has 2 aliphatic carbocycles. The fourth-order valence-electron chi connectivity index (χ4n) is 5.75. The van der Waals surface area contributed by atoms with Crippen LogP contribution in [-0.2, 0) is 23.9 Å². The van der Waals surface area contributed by atoms with Crippen molar-refractivity contribution in [3.8, 4) is 11.5 Å².